The highest BCUT2D eigenvalue weighted by Gasteiger charge is 2.17. The summed E-state index contributed by atoms with van der Waals surface area (Å²) in [6.07, 6.45) is 2.21. The molecule has 6 nitrogen and oxygen atoms in total. The standard InChI is InChI=1S/C13H16N4O2/c1-17-11-9(12(18)16-13(17)19)4-5-10(15-11)8-3-2-6-14-7-8/h4-5,8,14H,2-3,6-7H2,1H3,(H,16,18,19). The van der Waals surface area contributed by atoms with Gasteiger partial charge in [-0.2, -0.15) is 0 Å². The Kier molecular flexibility index (Phi) is 2.94. The Morgan fingerprint density at radius 1 is 1.37 bits per heavy atom. The molecule has 0 saturated carbocycles. The van der Waals surface area contributed by atoms with E-state index in [-0.39, 0.29) is 5.56 Å². The van der Waals surface area contributed by atoms with Gasteiger partial charge in [0, 0.05) is 25.2 Å². The lowest BCUT2D eigenvalue weighted by Crippen LogP contribution is -2.31. The molecule has 0 amide bonds. The third-order valence-corrected chi connectivity index (χ3v) is 3.70. The largest absolute Gasteiger partial charge is 0.329 e. The van der Waals surface area contributed by atoms with Crippen LogP contribution < -0.4 is 16.6 Å². The quantitative estimate of drug-likeness (QED) is 0.761. The Morgan fingerprint density at radius 3 is 2.95 bits per heavy atom. The first-order valence-corrected chi connectivity index (χ1v) is 6.47. The van der Waals surface area contributed by atoms with E-state index in [2.05, 4.69) is 15.3 Å². The number of aryl methyl sites for hydroxylation is 1. The number of nitrogens with one attached hydrogen (secondary N) is 2. The van der Waals surface area contributed by atoms with Crippen molar-refractivity contribution in [1.29, 1.82) is 0 Å². The average Bonchev–Trinajstić information content (AvgIpc) is 2.45. The fraction of sp³-hybridized carbons (Fsp3) is 0.462. The molecule has 6 heteroatoms. The van der Waals surface area contributed by atoms with Gasteiger partial charge in [0.05, 0.1) is 5.39 Å². The highest BCUT2D eigenvalue weighted by atomic mass is 16.2. The summed E-state index contributed by atoms with van der Waals surface area (Å²) in [5.41, 5.74) is 0.597. The summed E-state index contributed by atoms with van der Waals surface area (Å²) in [7, 11) is 1.62. The number of piperidine rings is 1. The second-order valence-electron chi connectivity index (χ2n) is 4.97. The fourth-order valence-electron chi connectivity index (χ4n) is 2.57. The van der Waals surface area contributed by atoms with E-state index >= 15 is 0 Å². The molecule has 1 saturated heterocycles. The Balaban J connectivity index is 2.17. The van der Waals surface area contributed by atoms with E-state index in [0.29, 0.717) is 17.0 Å². The Labute approximate surface area is 109 Å². The second-order valence-corrected chi connectivity index (χ2v) is 4.97. The van der Waals surface area contributed by atoms with Crippen LogP contribution in [0.1, 0.15) is 24.5 Å². The zero-order chi connectivity index (χ0) is 13.4. The molecule has 3 heterocycles. The topological polar surface area (TPSA) is 79.8 Å². The van der Waals surface area contributed by atoms with Gasteiger partial charge < -0.3 is 5.32 Å². The van der Waals surface area contributed by atoms with Crippen LogP contribution in [0.15, 0.2) is 21.7 Å². The normalized spacial score (nSPS) is 19.7. The molecule has 1 unspecified atom stereocenters. The minimum absolute atomic E-state index is 0.354. The fourth-order valence-corrected chi connectivity index (χ4v) is 2.57. The Morgan fingerprint density at radius 2 is 2.21 bits per heavy atom. The predicted molar refractivity (Wildman–Crippen MR) is 72.4 cm³/mol. The van der Waals surface area contributed by atoms with Crippen LogP contribution in [0.25, 0.3) is 11.0 Å². The first-order valence-electron chi connectivity index (χ1n) is 6.47. The minimum Gasteiger partial charge on any atom is -0.316 e. The number of nitrogens with zero attached hydrogens (tertiary/aromatic N) is 2. The van der Waals surface area contributed by atoms with E-state index in [1.807, 2.05) is 6.07 Å². The highest BCUT2D eigenvalue weighted by molar-refractivity contribution is 5.73. The predicted octanol–water partition coefficient (Wildman–Crippen LogP) is 0.0888. The number of pyridine rings is 1. The zero-order valence-corrected chi connectivity index (χ0v) is 10.8. The maximum Gasteiger partial charge on any atom is 0.329 e. The van der Waals surface area contributed by atoms with E-state index < -0.39 is 5.69 Å². The summed E-state index contributed by atoms with van der Waals surface area (Å²) in [5.74, 6) is 0.354. The van der Waals surface area contributed by atoms with Crippen molar-refractivity contribution in [3.8, 4) is 0 Å². The van der Waals surface area contributed by atoms with Crippen molar-refractivity contribution in [2.45, 2.75) is 18.8 Å². The Hall–Kier alpha value is -1.95. The number of hydrogen-bond acceptors (Lipinski definition) is 4. The van der Waals surface area contributed by atoms with Crippen LogP contribution in [0.4, 0.5) is 0 Å². The summed E-state index contributed by atoms with van der Waals surface area (Å²) >= 11 is 0. The van der Waals surface area contributed by atoms with Crippen LogP contribution in [-0.4, -0.2) is 27.6 Å². The van der Waals surface area contributed by atoms with Crippen molar-refractivity contribution < 1.29 is 0 Å². The Bertz CT molecular complexity index is 725. The monoisotopic (exact) mass is 260 g/mol. The molecule has 0 radical (unpaired) electrons. The third-order valence-electron chi connectivity index (χ3n) is 3.70. The summed E-state index contributed by atoms with van der Waals surface area (Å²) in [6, 6.07) is 3.64. The van der Waals surface area contributed by atoms with E-state index in [1.165, 1.54) is 4.57 Å². The molecule has 1 atom stereocenters. The van der Waals surface area contributed by atoms with Gasteiger partial charge in [0.25, 0.3) is 5.56 Å². The number of hydrogen-bond donors (Lipinski definition) is 2. The second kappa shape index (κ2) is 4.62. The molecule has 0 bridgehead atoms. The van der Waals surface area contributed by atoms with Gasteiger partial charge in [0.15, 0.2) is 0 Å². The summed E-state index contributed by atoms with van der Waals surface area (Å²) in [4.78, 5) is 30.1. The summed E-state index contributed by atoms with van der Waals surface area (Å²) < 4.78 is 1.39. The van der Waals surface area contributed by atoms with Crippen molar-refractivity contribution in [3.05, 3.63) is 38.7 Å². The van der Waals surface area contributed by atoms with Gasteiger partial charge >= 0.3 is 5.69 Å². The molecule has 1 fully saturated rings. The van der Waals surface area contributed by atoms with Crippen LogP contribution in [0.3, 0.4) is 0 Å². The number of aromatic amines is 1. The molecule has 3 rings (SSSR count). The van der Waals surface area contributed by atoms with Gasteiger partial charge in [0.2, 0.25) is 0 Å². The van der Waals surface area contributed by atoms with Gasteiger partial charge in [-0.25, -0.2) is 9.78 Å². The van der Waals surface area contributed by atoms with Crippen molar-refractivity contribution in [1.82, 2.24) is 19.9 Å². The SMILES string of the molecule is Cn1c(=O)[nH]c(=O)c2ccc(C3CCCNC3)nc21. The van der Waals surface area contributed by atoms with Gasteiger partial charge in [-0.3, -0.25) is 14.3 Å². The van der Waals surface area contributed by atoms with Gasteiger partial charge in [-0.1, -0.05) is 0 Å². The first kappa shape index (κ1) is 12.1. The van der Waals surface area contributed by atoms with E-state index in [1.54, 1.807) is 13.1 Å². The zero-order valence-electron chi connectivity index (χ0n) is 10.8. The van der Waals surface area contributed by atoms with Gasteiger partial charge in [-0.15, -0.1) is 0 Å². The number of aromatic nitrogens is 3. The number of H-pyrrole nitrogens is 1. The lowest BCUT2D eigenvalue weighted by Gasteiger charge is -2.22. The number of fused-ring (bicyclic) bond motifs is 1. The van der Waals surface area contributed by atoms with Crippen LogP contribution in [-0.2, 0) is 7.05 Å². The smallest absolute Gasteiger partial charge is 0.316 e. The van der Waals surface area contributed by atoms with Crippen LogP contribution >= 0.6 is 0 Å². The lowest BCUT2D eigenvalue weighted by atomic mass is 9.95. The third kappa shape index (κ3) is 2.08. The van der Waals surface area contributed by atoms with Gasteiger partial charge in [0.1, 0.15) is 5.65 Å². The van der Waals surface area contributed by atoms with Gasteiger partial charge in [-0.05, 0) is 31.5 Å². The molecule has 1 aliphatic rings. The molecule has 1 aliphatic heterocycles. The van der Waals surface area contributed by atoms with Crippen LogP contribution in [0.2, 0.25) is 0 Å². The first-order chi connectivity index (χ1) is 9.16. The molecular formula is C13H16N4O2. The lowest BCUT2D eigenvalue weighted by molar-refractivity contribution is 0.455. The van der Waals surface area contributed by atoms with Crippen molar-refractivity contribution in [2.24, 2.45) is 7.05 Å². The molecule has 0 aliphatic carbocycles. The van der Waals surface area contributed by atoms with Crippen LogP contribution in [0, 0.1) is 0 Å². The molecule has 2 aromatic rings. The number of rotatable bonds is 1. The van der Waals surface area contributed by atoms with E-state index in [0.717, 1.165) is 31.6 Å². The van der Waals surface area contributed by atoms with Crippen molar-refractivity contribution in [2.75, 3.05) is 13.1 Å². The van der Waals surface area contributed by atoms with E-state index in [4.69, 9.17) is 0 Å². The molecule has 0 spiro atoms. The van der Waals surface area contributed by atoms with Crippen molar-refractivity contribution in [3.63, 3.8) is 0 Å². The summed E-state index contributed by atoms with van der Waals surface area (Å²) in [5, 5.41) is 3.80. The highest BCUT2D eigenvalue weighted by Crippen LogP contribution is 2.22. The molecular weight excluding hydrogens is 244 g/mol. The molecule has 0 aromatic carbocycles. The average molecular weight is 260 g/mol. The van der Waals surface area contributed by atoms with E-state index in [9.17, 15) is 9.59 Å². The molecule has 2 N–H and O–H groups in total. The van der Waals surface area contributed by atoms with Crippen LogP contribution in [0.5, 0.6) is 0 Å². The summed E-state index contributed by atoms with van der Waals surface area (Å²) in [6.45, 7) is 1.94. The molecule has 2 aromatic heterocycles. The maximum atomic E-state index is 11.7. The molecule has 100 valence electrons. The molecule has 19 heavy (non-hydrogen) atoms. The van der Waals surface area contributed by atoms with Crippen molar-refractivity contribution >= 4 is 11.0 Å². The maximum absolute atomic E-state index is 11.7. The minimum atomic E-state index is -0.427.